The fourth-order valence-electron chi connectivity index (χ4n) is 1.82. The number of carbonyl (C=O) groups excluding carboxylic acids is 1. The highest BCUT2D eigenvalue weighted by molar-refractivity contribution is 5.79. The largest absolute Gasteiger partial charge is 0.468 e. The first-order valence-corrected chi connectivity index (χ1v) is 6.45. The molecule has 5 nitrogen and oxygen atoms in total. The van der Waals surface area contributed by atoms with Gasteiger partial charge in [0.05, 0.1) is 13.7 Å². The number of hydrogen-bond acceptors (Lipinski definition) is 5. The van der Waals surface area contributed by atoms with Crippen molar-refractivity contribution in [1.82, 2.24) is 4.90 Å². The molecule has 0 aromatic rings. The zero-order valence-electron chi connectivity index (χ0n) is 12.4. The van der Waals surface area contributed by atoms with E-state index in [1.165, 1.54) is 7.11 Å². The molecule has 0 aliphatic carbocycles. The minimum Gasteiger partial charge on any atom is -0.468 e. The third-order valence-electron chi connectivity index (χ3n) is 3.11. The van der Waals surface area contributed by atoms with E-state index in [4.69, 9.17) is 10.5 Å². The van der Waals surface area contributed by atoms with Gasteiger partial charge in [-0.3, -0.25) is 9.69 Å². The van der Waals surface area contributed by atoms with E-state index in [-0.39, 0.29) is 5.97 Å². The molecule has 0 fully saturated rings. The van der Waals surface area contributed by atoms with Gasteiger partial charge in [0.25, 0.3) is 0 Å². The second kappa shape index (κ2) is 8.45. The van der Waals surface area contributed by atoms with E-state index in [1.54, 1.807) is 14.0 Å². The van der Waals surface area contributed by atoms with Crippen molar-refractivity contribution in [1.29, 1.82) is 0 Å². The van der Waals surface area contributed by atoms with Crippen LogP contribution in [0, 0.1) is 0 Å². The molecule has 0 saturated heterocycles. The fourth-order valence-corrected chi connectivity index (χ4v) is 1.82. The summed E-state index contributed by atoms with van der Waals surface area (Å²) in [6, 6.07) is 0.460. The molecule has 5 heteroatoms. The maximum absolute atomic E-state index is 11.4. The van der Waals surface area contributed by atoms with Crippen molar-refractivity contribution in [2.45, 2.75) is 45.2 Å². The van der Waals surface area contributed by atoms with Crippen molar-refractivity contribution in [3.05, 3.63) is 0 Å². The second-order valence-electron chi connectivity index (χ2n) is 5.14. The lowest BCUT2D eigenvalue weighted by Crippen LogP contribution is -2.46. The first-order chi connectivity index (χ1) is 8.35. The predicted octanol–water partition coefficient (Wildman–Crippen LogP) is 1.01. The summed E-state index contributed by atoms with van der Waals surface area (Å²) in [7, 11) is 3.07. The molecule has 0 aliphatic heterocycles. The molecule has 18 heavy (non-hydrogen) atoms. The molecule has 0 aromatic heterocycles. The summed E-state index contributed by atoms with van der Waals surface area (Å²) in [5.41, 5.74) is 5.03. The molecule has 1 atom stereocenters. The number of esters is 1. The van der Waals surface area contributed by atoms with E-state index in [0.717, 1.165) is 26.1 Å². The minimum absolute atomic E-state index is 0.351. The highest BCUT2D eigenvalue weighted by Crippen LogP contribution is 2.12. The molecule has 0 heterocycles. The summed E-state index contributed by atoms with van der Waals surface area (Å²) in [5, 5.41) is 0. The molecular formula is C13H28N2O3. The van der Waals surface area contributed by atoms with Gasteiger partial charge in [0, 0.05) is 19.7 Å². The topological polar surface area (TPSA) is 64.8 Å². The molecule has 0 rings (SSSR count). The van der Waals surface area contributed by atoms with Crippen LogP contribution in [0.15, 0.2) is 0 Å². The zero-order chi connectivity index (χ0) is 14.2. The summed E-state index contributed by atoms with van der Waals surface area (Å²) in [4.78, 5) is 13.8. The molecule has 0 aromatic carbocycles. The fraction of sp³-hybridized carbons (Fsp3) is 0.923. The van der Waals surface area contributed by atoms with Crippen molar-refractivity contribution < 1.29 is 14.3 Å². The van der Waals surface area contributed by atoms with E-state index in [1.807, 2.05) is 0 Å². The van der Waals surface area contributed by atoms with Crippen LogP contribution in [0.2, 0.25) is 0 Å². The molecule has 2 N–H and O–H groups in total. The summed E-state index contributed by atoms with van der Waals surface area (Å²) in [5.74, 6) is -0.351. The Morgan fingerprint density at radius 3 is 2.39 bits per heavy atom. The average Bonchev–Trinajstić information content (AvgIpc) is 2.31. The molecule has 1 unspecified atom stereocenters. The van der Waals surface area contributed by atoms with Gasteiger partial charge in [-0.2, -0.15) is 0 Å². The predicted molar refractivity (Wildman–Crippen MR) is 72.4 cm³/mol. The summed E-state index contributed by atoms with van der Waals surface area (Å²) >= 11 is 0. The van der Waals surface area contributed by atoms with Crippen LogP contribution in [0.4, 0.5) is 0 Å². The molecule has 0 aliphatic rings. The molecule has 0 amide bonds. The minimum atomic E-state index is -0.890. The molecule has 0 saturated carbocycles. The van der Waals surface area contributed by atoms with E-state index in [9.17, 15) is 4.79 Å². The Hall–Kier alpha value is -0.650. The van der Waals surface area contributed by atoms with Crippen molar-refractivity contribution in [2.75, 3.05) is 33.9 Å². The highest BCUT2D eigenvalue weighted by atomic mass is 16.5. The van der Waals surface area contributed by atoms with Crippen LogP contribution in [-0.4, -0.2) is 56.4 Å². The van der Waals surface area contributed by atoms with Crippen LogP contribution in [-0.2, 0) is 14.3 Å². The summed E-state index contributed by atoms with van der Waals surface area (Å²) in [6.45, 7) is 8.54. The second-order valence-corrected chi connectivity index (χ2v) is 5.14. The van der Waals surface area contributed by atoms with Crippen molar-refractivity contribution in [2.24, 2.45) is 5.73 Å². The van der Waals surface area contributed by atoms with Crippen LogP contribution in [0.25, 0.3) is 0 Å². The van der Waals surface area contributed by atoms with E-state index < -0.39 is 5.54 Å². The van der Waals surface area contributed by atoms with Gasteiger partial charge in [0.15, 0.2) is 0 Å². The molecule has 108 valence electrons. The van der Waals surface area contributed by atoms with E-state index in [0.29, 0.717) is 12.5 Å². The van der Waals surface area contributed by atoms with Gasteiger partial charge in [0.1, 0.15) is 5.54 Å². The third kappa shape index (κ3) is 6.33. The number of rotatable bonds is 9. The number of carbonyl (C=O) groups is 1. The highest BCUT2D eigenvalue weighted by Gasteiger charge is 2.28. The molecule has 0 bridgehead atoms. The standard InChI is InChI=1S/C13H28N2O3/c1-11(2)15(9-10-17-4)8-6-7-13(3,14)12(16)18-5/h11H,6-10,14H2,1-5H3. The van der Waals surface area contributed by atoms with Crippen LogP contribution < -0.4 is 5.73 Å². The number of nitrogens with two attached hydrogens (primary N) is 1. The average molecular weight is 260 g/mol. The van der Waals surface area contributed by atoms with Crippen LogP contribution in [0.1, 0.15) is 33.6 Å². The Kier molecular flexibility index (Phi) is 8.15. The number of hydrogen-bond donors (Lipinski definition) is 1. The van der Waals surface area contributed by atoms with Gasteiger partial charge < -0.3 is 15.2 Å². The Bertz CT molecular complexity index is 242. The van der Waals surface area contributed by atoms with Gasteiger partial charge in [-0.05, 0) is 40.2 Å². The maximum atomic E-state index is 11.4. The normalized spacial score (nSPS) is 14.9. The maximum Gasteiger partial charge on any atom is 0.325 e. The quantitative estimate of drug-likeness (QED) is 0.627. The van der Waals surface area contributed by atoms with Crippen LogP contribution >= 0.6 is 0 Å². The monoisotopic (exact) mass is 260 g/mol. The zero-order valence-corrected chi connectivity index (χ0v) is 12.4. The SMILES string of the molecule is COCCN(CCCC(C)(N)C(=O)OC)C(C)C. The van der Waals surface area contributed by atoms with E-state index >= 15 is 0 Å². The molecular weight excluding hydrogens is 232 g/mol. The van der Waals surface area contributed by atoms with Gasteiger partial charge in [-0.25, -0.2) is 0 Å². The van der Waals surface area contributed by atoms with Crippen LogP contribution in [0.5, 0.6) is 0 Å². The Morgan fingerprint density at radius 1 is 1.33 bits per heavy atom. The van der Waals surface area contributed by atoms with Crippen molar-refractivity contribution in [3.63, 3.8) is 0 Å². The van der Waals surface area contributed by atoms with Gasteiger partial charge in [-0.1, -0.05) is 0 Å². The van der Waals surface area contributed by atoms with Crippen molar-refractivity contribution in [3.8, 4) is 0 Å². The lowest BCUT2D eigenvalue weighted by molar-refractivity contribution is -0.146. The van der Waals surface area contributed by atoms with Gasteiger partial charge in [0.2, 0.25) is 0 Å². The summed E-state index contributed by atoms with van der Waals surface area (Å²) < 4.78 is 9.77. The van der Waals surface area contributed by atoms with Crippen molar-refractivity contribution >= 4 is 5.97 Å². The Labute approximate surface area is 111 Å². The van der Waals surface area contributed by atoms with Crippen LogP contribution in [0.3, 0.4) is 0 Å². The number of ether oxygens (including phenoxy) is 2. The smallest absolute Gasteiger partial charge is 0.325 e. The lowest BCUT2D eigenvalue weighted by atomic mass is 9.97. The lowest BCUT2D eigenvalue weighted by Gasteiger charge is -2.28. The number of methoxy groups -OCH3 is 2. The summed E-state index contributed by atoms with van der Waals surface area (Å²) in [6.07, 6.45) is 1.49. The third-order valence-corrected chi connectivity index (χ3v) is 3.11. The molecule has 0 spiro atoms. The Balaban J connectivity index is 4.09. The van der Waals surface area contributed by atoms with Gasteiger partial charge >= 0.3 is 5.97 Å². The Morgan fingerprint density at radius 2 is 1.94 bits per heavy atom. The van der Waals surface area contributed by atoms with E-state index in [2.05, 4.69) is 23.5 Å². The molecule has 0 radical (unpaired) electrons. The number of nitrogens with zero attached hydrogens (tertiary/aromatic N) is 1. The first-order valence-electron chi connectivity index (χ1n) is 6.45. The van der Waals surface area contributed by atoms with Gasteiger partial charge in [-0.15, -0.1) is 0 Å². The first kappa shape index (κ1) is 17.4.